The Morgan fingerprint density at radius 2 is 1.89 bits per heavy atom. The van der Waals surface area contributed by atoms with Crippen molar-refractivity contribution in [3.8, 4) is 12.3 Å². The number of halogens is 1. The molecule has 0 unspecified atom stereocenters. The first-order valence-electron chi connectivity index (χ1n) is 3.10. The van der Waals surface area contributed by atoms with Gasteiger partial charge in [0.2, 0.25) is 0 Å². The second-order valence-corrected chi connectivity index (χ2v) is 2.68. The first-order valence-corrected chi connectivity index (χ1v) is 3.10. The standard InChI is InChI=1S/C7H9N.ClH/c1-2-5-6-3-8-4-7(5)6;/h1,5-8H,3-4H2;1H/t5-,6-,7+;. The van der Waals surface area contributed by atoms with Crippen molar-refractivity contribution in [2.75, 3.05) is 13.1 Å². The van der Waals surface area contributed by atoms with E-state index < -0.39 is 0 Å². The molecule has 0 aromatic heterocycles. The predicted molar refractivity (Wildman–Crippen MR) is 39.4 cm³/mol. The smallest absolute Gasteiger partial charge is 0.0288 e. The Labute approximate surface area is 61.6 Å². The molecule has 9 heavy (non-hydrogen) atoms. The molecule has 1 aliphatic carbocycles. The third kappa shape index (κ3) is 0.831. The normalized spacial score (nSPS) is 44.6. The average Bonchev–Trinajstić information content (AvgIpc) is 2.22. The zero-order valence-corrected chi connectivity index (χ0v) is 5.95. The lowest BCUT2D eigenvalue weighted by molar-refractivity contribution is 0.679. The van der Waals surface area contributed by atoms with Gasteiger partial charge in [-0.1, -0.05) is 0 Å². The number of hydrogen-bond donors (Lipinski definition) is 1. The van der Waals surface area contributed by atoms with Gasteiger partial charge in [-0.25, -0.2) is 0 Å². The van der Waals surface area contributed by atoms with Crippen LogP contribution in [0.3, 0.4) is 0 Å². The summed E-state index contributed by atoms with van der Waals surface area (Å²) in [6, 6.07) is 0. The van der Waals surface area contributed by atoms with Gasteiger partial charge >= 0.3 is 0 Å². The molecule has 2 heteroatoms. The van der Waals surface area contributed by atoms with Gasteiger partial charge in [-0.05, 0) is 24.9 Å². The van der Waals surface area contributed by atoms with Crippen molar-refractivity contribution in [3.05, 3.63) is 0 Å². The topological polar surface area (TPSA) is 12.0 Å². The Hall–Kier alpha value is -0.190. The summed E-state index contributed by atoms with van der Waals surface area (Å²) >= 11 is 0. The lowest BCUT2D eigenvalue weighted by atomic mass is 10.3. The zero-order valence-electron chi connectivity index (χ0n) is 5.13. The maximum atomic E-state index is 5.25. The molecular weight excluding hydrogens is 134 g/mol. The van der Waals surface area contributed by atoms with Crippen molar-refractivity contribution in [3.63, 3.8) is 0 Å². The number of rotatable bonds is 0. The van der Waals surface area contributed by atoms with Gasteiger partial charge in [-0.3, -0.25) is 0 Å². The molecule has 0 aromatic rings. The minimum absolute atomic E-state index is 0. The highest BCUT2D eigenvalue weighted by molar-refractivity contribution is 5.85. The van der Waals surface area contributed by atoms with E-state index in [1.165, 1.54) is 13.1 Å². The van der Waals surface area contributed by atoms with Gasteiger partial charge in [0.15, 0.2) is 0 Å². The molecular formula is C7H10ClN. The Bertz CT molecular complexity index is 139. The van der Waals surface area contributed by atoms with Crippen LogP contribution in [0, 0.1) is 30.1 Å². The van der Waals surface area contributed by atoms with Gasteiger partial charge in [0.1, 0.15) is 0 Å². The van der Waals surface area contributed by atoms with Crippen LogP contribution in [0.15, 0.2) is 0 Å². The molecule has 0 aromatic carbocycles. The molecule has 2 rings (SSSR count). The third-order valence-corrected chi connectivity index (χ3v) is 2.28. The fraction of sp³-hybridized carbons (Fsp3) is 0.714. The van der Waals surface area contributed by atoms with Crippen LogP contribution < -0.4 is 5.32 Å². The number of fused-ring (bicyclic) bond motifs is 1. The molecule has 2 aliphatic rings. The van der Waals surface area contributed by atoms with Crippen LogP contribution in [-0.2, 0) is 0 Å². The Morgan fingerprint density at radius 3 is 2.22 bits per heavy atom. The van der Waals surface area contributed by atoms with E-state index in [9.17, 15) is 0 Å². The third-order valence-electron chi connectivity index (χ3n) is 2.28. The van der Waals surface area contributed by atoms with E-state index in [2.05, 4.69) is 11.2 Å². The maximum absolute atomic E-state index is 5.25. The molecule has 3 atom stereocenters. The van der Waals surface area contributed by atoms with Crippen LogP contribution in [0.5, 0.6) is 0 Å². The van der Waals surface area contributed by atoms with Gasteiger partial charge in [-0.15, -0.1) is 24.8 Å². The average molecular weight is 144 g/mol. The van der Waals surface area contributed by atoms with Crippen LogP contribution >= 0.6 is 12.4 Å². The van der Waals surface area contributed by atoms with Crippen molar-refractivity contribution >= 4 is 12.4 Å². The Balaban J connectivity index is 0.000000405. The Morgan fingerprint density at radius 1 is 1.33 bits per heavy atom. The van der Waals surface area contributed by atoms with E-state index in [4.69, 9.17) is 6.42 Å². The number of hydrogen-bond acceptors (Lipinski definition) is 1. The lowest BCUT2D eigenvalue weighted by Crippen LogP contribution is -2.13. The van der Waals surface area contributed by atoms with E-state index in [1.54, 1.807) is 0 Å². The first-order chi connectivity index (χ1) is 3.93. The van der Waals surface area contributed by atoms with E-state index >= 15 is 0 Å². The van der Waals surface area contributed by atoms with Crippen molar-refractivity contribution in [2.45, 2.75) is 0 Å². The van der Waals surface area contributed by atoms with Gasteiger partial charge in [0.05, 0.1) is 0 Å². The molecule has 0 amide bonds. The summed E-state index contributed by atoms with van der Waals surface area (Å²) < 4.78 is 0. The molecule has 1 saturated heterocycles. The molecule has 0 radical (unpaired) electrons. The molecule has 2 fully saturated rings. The number of nitrogens with one attached hydrogen (secondary N) is 1. The monoisotopic (exact) mass is 143 g/mol. The van der Waals surface area contributed by atoms with E-state index in [0.717, 1.165) is 11.8 Å². The number of piperidine rings is 1. The fourth-order valence-electron chi connectivity index (χ4n) is 1.67. The second kappa shape index (κ2) is 2.21. The van der Waals surface area contributed by atoms with Gasteiger partial charge < -0.3 is 5.32 Å². The van der Waals surface area contributed by atoms with Gasteiger partial charge in [0.25, 0.3) is 0 Å². The minimum Gasteiger partial charge on any atom is -0.316 e. The summed E-state index contributed by atoms with van der Waals surface area (Å²) in [6.07, 6.45) is 5.25. The summed E-state index contributed by atoms with van der Waals surface area (Å²) in [4.78, 5) is 0. The van der Waals surface area contributed by atoms with Gasteiger partial charge in [0, 0.05) is 5.92 Å². The second-order valence-electron chi connectivity index (χ2n) is 2.68. The molecule has 0 spiro atoms. The summed E-state index contributed by atoms with van der Waals surface area (Å²) in [5.74, 6) is 5.13. The first kappa shape index (κ1) is 6.92. The highest BCUT2D eigenvalue weighted by Gasteiger charge is 2.51. The molecule has 1 aliphatic heterocycles. The predicted octanol–water partition coefficient (Wildman–Crippen LogP) is 0.507. The van der Waals surface area contributed by atoms with Crippen molar-refractivity contribution < 1.29 is 0 Å². The minimum atomic E-state index is 0. The summed E-state index contributed by atoms with van der Waals surface area (Å²) in [5.41, 5.74) is 0. The van der Waals surface area contributed by atoms with Crippen LogP contribution in [0.2, 0.25) is 0 Å². The zero-order chi connectivity index (χ0) is 5.56. The molecule has 1 saturated carbocycles. The lowest BCUT2D eigenvalue weighted by Gasteiger charge is -1.93. The molecule has 1 N–H and O–H groups in total. The molecule has 1 heterocycles. The van der Waals surface area contributed by atoms with Crippen molar-refractivity contribution in [1.29, 1.82) is 0 Å². The Kier molecular flexibility index (Phi) is 1.70. The van der Waals surface area contributed by atoms with E-state index in [1.807, 2.05) is 0 Å². The van der Waals surface area contributed by atoms with Crippen LogP contribution in [-0.4, -0.2) is 13.1 Å². The van der Waals surface area contributed by atoms with Crippen LogP contribution in [0.1, 0.15) is 0 Å². The molecule has 50 valence electrons. The largest absolute Gasteiger partial charge is 0.316 e. The quantitative estimate of drug-likeness (QED) is 0.488. The van der Waals surface area contributed by atoms with E-state index in [0.29, 0.717) is 5.92 Å². The maximum Gasteiger partial charge on any atom is 0.0288 e. The summed E-state index contributed by atoms with van der Waals surface area (Å²) in [6.45, 7) is 2.33. The van der Waals surface area contributed by atoms with Crippen LogP contribution in [0.25, 0.3) is 0 Å². The highest BCUT2D eigenvalue weighted by atomic mass is 35.5. The van der Waals surface area contributed by atoms with Crippen molar-refractivity contribution in [2.24, 2.45) is 17.8 Å². The van der Waals surface area contributed by atoms with Gasteiger partial charge in [-0.2, -0.15) is 0 Å². The highest BCUT2D eigenvalue weighted by Crippen LogP contribution is 2.47. The van der Waals surface area contributed by atoms with Crippen molar-refractivity contribution in [1.82, 2.24) is 5.32 Å². The summed E-state index contributed by atoms with van der Waals surface area (Å²) in [5, 5.41) is 3.29. The number of terminal acetylenes is 1. The molecule has 0 bridgehead atoms. The van der Waals surface area contributed by atoms with E-state index in [-0.39, 0.29) is 12.4 Å². The SMILES string of the molecule is C#C[C@@H]1[C@H]2CNC[C@@H]12.Cl. The molecule has 1 nitrogen and oxygen atoms in total. The van der Waals surface area contributed by atoms with Crippen LogP contribution in [0.4, 0.5) is 0 Å². The summed E-state index contributed by atoms with van der Waals surface area (Å²) in [7, 11) is 0. The fourth-order valence-corrected chi connectivity index (χ4v) is 1.67.